The normalized spacial score (nSPS) is 14.2. The van der Waals surface area contributed by atoms with Gasteiger partial charge in [0.1, 0.15) is 23.9 Å². The second kappa shape index (κ2) is 9.20. The highest BCUT2D eigenvalue weighted by Gasteiger charge is 2.17. The van der Waals surface area contributed by atoms with Crippen LogP contribution in [0.25, 0.3) is 22.2 Å². The van der Waals surface area contributed by atoms with E-state index in [1.165, 1.54) is 31.5 Å². The summed E-state index contributed by atoms with van der Waals surface area (Å²) in [5.41, 5.74) is 5.46. The molecule has 5 heteroatoms. The molecular weight excluding hydrogens is 412 g/mol. The lowest BCUT2D eigenvalue weighted by molar-refractivity contribution is 0.238. The van der Waals surface area contributed by atoms with Crippen LogP contribution in [0.3, 0.4) is 0 Å². The van der Waals surface area contributed by atoms with E-state index in [1.807, 2.05) is 36.4 Å². The zero-order valence-electron chi connectivity index (χ0n) is 19.0. The lowest BCUT2D eigenvalue weighted by Gasteiger charge is -2.15. The molecule has 3 aromatic carbocycles. The number of rotatable bonds is 7. The number of nitrogens with zero attached hydrogens (tertiary/aromatic N) is 2. The lowest BCUT2D eigenvalue weighted by atomic mass is 10.1. The van der Waals surface area contributed by atoms with E-state index in [1.54, 1.807) is 18.2 Å². The first kappa shape index (κ1) is 21.4. The summed E-state index contributed by atoms with van der Waals surface area (Å²) in [5, 5.41) is 20.8. The van der Waals surface area contributed by atoms with E-state index >= 15 is 0 Å². The summed E-state index contributed by atoms with van der Waals surface area (Å²) in [6, 6.07) is 21.1. The van der Waals surface area contributed by atoms with Crippen molar-refractivity contribution in [3.05, 3.63) is 77.9 Å². The molecular formula is C28H30N2O3. The van der Waals surface area contributed by atoms with E-state index in [0.29, 0.717) is 6.54 Å². The molecule has 2 N–H and O–H groups in total. The third-order valence-electron chi connectivity index (χ3n) is 6.58. The standard InChI is InChI=1S/C28H30N2O3/c1-20-26-18-24(32)10-13-27(26)30(28(20)22-6-8-23(31)9-7-22)19-21-4-11-25(12-5-21)33-17-16-29-14-2-3-15-29/h4-13,18,31-32H,2-3,14-17,19H2,1H3. The number of benzene rings is 3. The van der Waals surface area contributed by atoms with Crippen molar-refractivity contribution in [2.45, 2.75) is 26.3 Å². The van der Waals surface area contributed by atoms with E-state index in [9.17, 15) is 10.2 Å². The van der Waals surface area contributed by atoms with Crippen molar-refractivity contribution in [2.75, 3.05) is 26.2 Å². The zero-order valence-corrected chi connectivity index (χ0v) is 19.0. The first-order valence-electron chi connectivity index (χ1n) is 11.6. The third kappa shape index (κ3) is 4.55. The Morgan fingerprint density at radius 1 is 0.848 bits per heavy atom. The number of ether oxygens (including phenoxy) is 1. The number of fused-ring (bicyclic) bond motifs is 1. The van der Waals surface area contributed by atoms with Crippen LogP contribution in [0.15, 0.2) is 66.7 Å². The molecule has 0 spiro atoms. The van der Waals surface area contributed by atoms with Gasteiger partial charge in [0.25, 0.3) is 0 Å². The number of aromatic nitrogens is 1. The summed E-state index contributed by atoms with van der Waals surface area (Å²) in [6.07, 6.45) is 2.60. The molecule has 1 aromatic heterocycles. The zero-order chi connectivity index (χ0) is 22.8. The van der Waals surface area contributed by atoms with Crippen molar-refractivity contribution in [3.63, 3.8) is 0 Å². The third-order valence-corrected chi connectivity index (χ3v) is 6.58. The number of hydrogen-bond acceptors (Lipinski definition) is 4. The summed E-state index contributed by atoms with van der Waals surface area (Å²) in [6.45, 7) is 6.85. The first-order valence-corrected chi connectivity index (χ1v) is 11.6. The maximum Gasteiger partial charge on any atom is 0.119 e. The fourth-order valence-corrected chi connectivity index (χ4v) is 4.84. The SMILES string of the molecule is Cc1c(-c2ccc(O)cc2)n(Cc2ccc(OCCN3CCCC3)cc2)c2ccc(O)cc12. The lowest BCUT2D eigenvalue weighted by Crippen LogP contribution is -2.25. The van der Waals surface area contributed by atoms with Crippen molar-refractivity contribution >= 4 is 10.9 Å². The Morgan fingerprint density at radius 2 is 1.55 bits per heavy atom. The molecule has 0 atom stereocenters. The molecule has 0 radical (unpaired) electrons. The van der Waals surface area contributed by atoms with Crippen molar-refractivity contribution in [3.8, 4) is 28.5 Å². The number of aryl methyl sites for hydroxylation is 1. The van der Waals surface area contributed by atoms with E-state index in [4.69, 9.17) is 4.74 Å². The largest absolute Gasteiger partial charge is 0.508 e. The minimum atomic E-state index is 0.247. The number of aromatic hydroxyl groups is 2. The summed E-state index contributed by atoms with van der Waals surface area (Å²) in [4.78, 5) is 2.45. The summed E-state index contributed by atoms with van der Waals surface area (Å²) in [7, 11) is 0. The van der Waals surface area contributed by atoms with Gasteiger partial charge < -0.3 is 19.5 Å². The van der Waals surface area contributed by atoms with Crippen LogP contribution in [0.2, 0.25) is 0 Å². The highest BCUT2D eigenvalue weighted by Crippen LogP contribution is 2.36. The van der Waals surface area contributed by atoms with Crippen LogP contribution in [0.5, 0.6) is 17.2 Å². The second-order valence-corrected chi connectivity index (χ2v) is 8.85. The molecule has 1 aliphatic rings. The van der Waals surface area contributed by atoms with Gasteiger partial charge in [-0.1, -0.05) is 12.1 Å². The van der Waals surface area contributed by atoms with Crippen LogP contribution in [0.4, 0.5) is 0 Å². The minimum Gasteiger partial charge on any atom is -0.508 e. The molecule has 5 rings (SSSR count). The van der Waals surface area contributed by atoms with E-state index in [2.05, 4.69) is 28.5 Å². The average molecular weight is 443 g/mol. The Bertz CT molecular complexity index is 1240. The fraction of sp³-hybridized carbons (Fsp3) is 0.286. The van der Waals surface area contributed by atoms with Crippen LogP contribution < -0.4 is 4.74 Å². The number of hydrogen-bond donors (Lipinski definition) is 2. The van der Waals surface area contributed by atoms with Crippen LogP contribution in [0, 0.1) is 6.92 Å². The first-order chi connectivity index (χ1) is 16.1. The Morgan fingerprint density at radius 3 is 2.27 bits per heavy atom. The molecule has 2 heterocycles. The molecule has 170 valence electrons. The molecule has 0 bridgehead atoms. The van der Waals surface area contributed by atoms with Crippen LogP contribution in [-0.4, -0.2) is 45.9 Å². The van der Waals surface area contributed by atoms with Crippen LogP contribution >= 0.6 is 0 Å². The molecule has 0 unspecified atom stereocenters. The van der Waals surface area contributed by atoms with Crippen molar-refractivity contribution in [1.82, 2.24) is 9.47 Å². The minimum absolute atomic E-state index is 0.247. The highest BCUT2D eigenvalue weighted by atomic mass is 16.5. The predicted molar refractivity (Wildman–Crippen MR) is 132 cm³/mol. The highest BCUT2D eigenvalue weighted by molar-refractivity contribution is 5.92. The Kier molecular flexibility index (Phi) is 5.97. The molecule has 4 aromatic rings. The molecule has 1 aliphatic heterocycles. The van der Waals surface area contributed by atoms with Gasteiger partial charge in [0.2, 0.25) is 0 Å². The summed E-state index contributed by atoms with van der Waals surface area (Å²) in [5.74, 6) is 1.41. The van der Waals surface area contributed by atoms with E-state index in [0.717, 1.165) is 46.6 Å². The summed E-state index contributed by atoms with van der Waals surface area (Å²) >= 11 is 0. The number of phenolic OH excluding ortho intramolecular Hbond substituents is 2. The van der Waals surface area contributed by atoms with Gasteiger partial charge in [-0.3, -0.25) is 4.90 Å². The molecule has 0 amide bonds. The Hall–Kier alpha value is -3.44. The molecule has 0 aliphatic carbocycles. The van der Waals surface area contributed by atoms with Gasteiger partial charge in [-0.05, 0) is 104 Å². The second-order valence-electron chi connectivity index (χ2n) is 8.85. The molecule has 1 saturated heterocycles. The summed E-state index contributed by atoms with van der Waals surface area (Å²) < 4.78 is 8.24. The monoisotopic (exact) mass is 442 g/mol. The molecule has 1 fully saturated rings. The quantitative estimate of drug-likeness (QED) is 0.394. The van der Waals surface area contributed by atoms with Crippen LogP contribution in [-0.2, 0) is 6.54 Å². The topological polar surface area (TPSA) is 57.9 Å². The maximum atomic E-state index is 10.1. The van der Waals surface area contributed by atoms with Gasteiger partial charge in [-0.15, -0.1) is 0 Å². The van der Waals surface area contributed by atoms with Crippen molar-refractivity contribution in [1.29, 1.82) is 0 Å². The van der Waals surface area contributed by atoms with Gasteiger partial charge in [0.15, 0.2) is 0 Å². The van der Waals surface area contributed by atoms with E-state index < -0.39 is 0 Å². The van der Waals surface area contributed by atoms with Gasteiger partial charge in [0, 0.05) is 24.0 Å². The Balaban J connectivity index is 1.41. The van der Waals surface area contributed by atoms with Gasteiger partial charge >= 0.3 is 0 Å². The van der Waals surface area contributed by atoms with Gasteiger partial charge in [0.05, 0.1) is 5.69 Å². The van der Waals surface area contributed by atoms with Gasteiger partial charge in [-0.25, -0.2) is 0 Å². The molecule has 33 heavy (non-hydrogen) atoms. The van der Waals surface area contributed by atoms with Gasteiger partial charge in [-0.2, -0.15) is 0 Å². The van der Waals surface area contributed by atoms with Crippen molar-refractivity contribution < 1.29 is 14.9 Å². The van der Waals surface area contributed by atoms with E-state index in [-0.39, 0.29) is 11.5 Å². The number of likely N-dealkylation sites (tertiary alicyclic amines) is 1. The fourth-order valence-electron chi connectivity index (χ4n) is 4.84. The average Bonchev–Trinajstić information content (AvgIpc) is 3.43. The number of phenols is 2. The molecule has 0 saturated carbocycles. The predicted octanol–water partition coefficient (Wildman–Crippen LogP) is 5.55. The Labute approximate surface area is 194 Å². The maximum absolute atomic E-state index is 10.1. The molecule has 5 nitrogen and oxygen atoms in total. The van der Waals surface area contributed by atoms with Crippen molar-refractivity contribution in [2.24, 2.45) is 0 Å². The smallest absolute Gasteiger partial charge is 0.119 e. The van der Waals surface area contributed by atoms with Crippen LogP contribution in [0.1, 0.15) is 24.0 Å².